The summed E-state index contributed by atoms with van der Waals surface area (Å²) in [7, 11) is 1.84. The number of carbonyl (C=O) groups excluding carboxylic acids is 1. The number of aryl methyl sites for hydroxylation is 2. The highest BCUT2D eigenvalue weighted by molar-refractivity contribution is 5.85. The Morgan fingerprint density at radius 3 is 2.93 bits per heavy atom. The summed E-state index contributed by atoms with van der Waals surface area (Å²) in [4.78, 5) is 14.3. The van der Waals surface area contributed by atoms with Crippen LogP contribution in [0.2, 0.25) is 0 Å². The fraction of sp³-hybridized carbons (Fsp3) is 0.381. The minimum Gasteiger partial charge on any atom is -0.341 e. The van der Waals surface area contributed by atoms with Crippen LogP contribution < -0.4 is 5.32 Å². The van der Waals surface area contributed by atoms with Crippen molar-refractivity contribution in [3.8, 4) is 5.69 Å². The van der Waals surface area contributed by atoms with E-state index in [1.807, 2.05) is 47.0 Å². The minimum absolute atomic E-state index is 0. The Morgan fingerprint density at radius 1 is 1.31 bits per heavy atom. The highest BCUT2D eigenvalue weighted by atomic mass is 35.5. The summed E-state index contributed by atoms with van der Waals surface area (Å²) in [5.41, 5.74) is 5.43. The average molecular weight is 415 g/mol. The van der Waals surface area contributed by atoms with E-state index < -0.39 is 0 Å². The lowest BCUT2D eigenvalue weighted by molar-refractivity contribution is -0.130. The lowest BCUT2D eigenvalue weighted by Gasteiger charge is -2.15. The second-order valence-corrected chi connectivity index (χ2v) is 7.36. The molecule has 0 spiro atoms. The molecule has 154 valence electrons. The van der Waals surface area contributed by atoms with E-state index in [9.17, 15) is 4.79 Å². The minimum atomic E-state index is 0. The average Bonchev–Trinajstić information content (AvgIpc) is 3.33. The molecule has 2 aromatic heterocycles. The van der Waals surface area contributed by atoms with E-state index in [2.05, 4.69) is 34.6 Å². The van der Waals surface area contributed by atoms with Gasteiger partial charge in [0, 0.05) is 51.3 Å². The summed E-state index contributed by atoms with van der Waals surface area (Å²) in [6, 6.07) is 10.2. The predicted molar refractivity (Wildman–Crippen MR) is 114 cm³/mol. The molecule has 0 saturated carbocycles. The number of fused-ring (bicyclic) bond motifs is 1. The predicted octanol–water partition coefficient (Wildman–Crippen LogP) is 2.49. The van der Waals surface area contributed by atoms with E-state index in [4.69, 9.17) is 0 Å². The Bertz CT molecular complexity index is 956. The quantitative estimate of drug-likeness (QED) is 0.672. The summed E-state index contributed by atoms with van der Waals surface area (Å²) in [6.07, 6.45) is 4.95. The number of hydrogen-bond donors (Lipinski definition) is 1. The molecule has 0 atom stereocenters. The fourth-order valence-electron chi connectivity index (χ4n) is 3.56. The number of amides is 1. The molecule has 8 heteroatoms. The van der Waals surface area contributed by atoms with Crippen LogP contribution >= 0.6 is 12.4 Å². The molecule has 1 N–H and O–H groups in total. The van der Waals surface area contributed by atoms with Gasteiger partial charge in [-0.1, -0.05) is 18.2 Å². The molecule has 0 saturated heterocycles. The maximum absolute atomic E-state index is 12.5. The fourth-order valence-corrected chi connectivity index (χ4v) is 3.56. The number of carbonyl (C=O) groups is 1. The zero-order valence-corrected chi connectivity index (χ0v) is 17.7. The van der Waals surface area contributed by atoms with Crippen molar-refractivity contribution in [2.75, 3.05) is 13.6 Å². The van der Waals surface area contributed by atoms with Crippen LogP contribution in [0.3, 0.4) is 0 Å². The van der Waals surface area contributed by atoms with Gasteiger partial charge in [0.05, 0.1) is 29.8 Å². The summed E-state index contributed by atoms with van der Waals surface area (Å²) in [5.74, 6) is 0.118. The van der Waals surface area contributed by atoms with Crippen molar-refractivity contribution in [2.24, 2.45) is 0 Å². The first kappa shape index (κ1) is 21.1. The number of benzene rings is 1. The molecule has 1 amide bonds. The van der Waals surface area contributed by atoms with Gasteiger partial charge in [-0.25, -0.2) is 4.68 Å². The van der Waals surface area contributed by atoms with Gasteiger partial charge in [0.25, 0.3) is 0 Å². The number of hydrogen-bond acceptors (Lipinski definition) is 4. The summed E-state index contributed by atoms with van der Waals surface area (Å²) in [6.45, 7) is 5.32. The van der Waals surface area contributed by atoms with Crippen LogP contribution in [0.4, 0.5) is 0 Å². The van der Waals surface area contributed by atoms with Gasteiger partial charge in [0.1, 0.15) is 0 Å². The normalized spacial score (nSPS) is 12.9. The zero-order valence-electron chi connectivity index (χ0n) is 16.8. The summed E-state index contributed by atoms with van der Waals surface area (Å²) in [5, 5.41) is 12.4. The first-order valence-electron chi connectivity index (χ1n) is 9.70. The highest BCUT2D eigenvalue weighted by Crippen LogP contribution is 2.15. The van der Waals surface area contributed by atoms with E-state index in [1.54, 1.807) is 4.90 Å². The maximum atomic E-state index is 12.5. The van der Waals surface area contributed by atoms with Crippen molar-refractivity contribution in [1.82, 2.24) is 29.8 Å². The number of para-hydroxylation sites is 1. The number of aromatic nitrogens is 4. The van der Waals surface area contributed by atoms with E-state index in [-0.39, 0.29) is 18.3 Å². The Morgan fingerprint density at radius 2 is 2.14 bits per heavy atom. The molecule has 7 nitrogen and oxygen atoms in total. The maximum Gasteiger partial charge on any atom is 0.223 e. The van der Waals surface area contributed by atoms with E-state index >= 15 is 0 Å². The van der Waals surface area contributed by atoms with Crippen LogP contribution in [0.1, 0.15) is 28.9 Å². The molecule has 29 heavy (non-hydrogen) atoms. The van der Waals surface area contributed by atoms with Gasteiger partial charge in [0.2, 0.25) is 5.91 Å². The molecule has 3 heterocycles. The van der Waals surface area contributed by atoms with Gasteiger partial charge >= 0.3 is 0 Å². The number of rotatable bonds is 6. The summed E-state index contributed by atoms with van der Waals surface area (Å²) < 4.78 is 3.91. The third-order valence-corrected chi connectivity index (χ3v) is 5.16. The van der Waals surface area contributed by atoms with Crippen molar-refractivity contribution in [2.45, 2.75) is 39.4 Å². The Kier molecular flexibility index (Phi) is 6.71. The number of nitrogens with zero attached hydrogens (tertiary/aromatic N) is 5. The molecular formula is C21H27ClN6O. The Hall–Kier alpha value is -2.64. The van der Waals surface area contributed by atoms with E-state index in [0.29, 0.717) is 19.4 Å². The molecule has 0 unspecified atom stereocenters. The third kappa shape index (κ3) is 4.86. The van der Waals surface area contributed by atoms with E-state index in [0.717, 1.165) is 36.6 Å². The third-order valence-electron chi connectivity index (χ3n) is 5.16. The number of halogens is 1. The van der Waals surface area contributed by atoms with Crippen LogP contribution in [0.15, 0.2) is 42.7 Å². The number of nitrogens with one attached hydrogen (secondary N) is 1. The van der Waals surface area contributed by atoms with Gasteiger partial charge in [-0.15, -0.1) is 12.4 Å². The molecule has 0 radical (unpaired) electrons. The first-order valence-corrected chi connectivity index (χ1v) is 9.70. The van der Waals surface area contributed by atoms with Crippen LogP contribution in [0.25, 0.3) is 5.69 Å². The first-order chi connectivity index (χ1) is 13.6. The molecule has 0 aliphatic carbocycles. The van der Waals surface area contributed by atoms with Crippen LogP contribution in [0.5, 0.6) is 0 Å². The molecule has 1 aliphatic heterocycles. The van der Waals surface area contributed by atoms with Crippen molar-refractivity contribution in [3.05, 3.63) is 65.2 Å². The topological polar surface area (TPSA) is 68.0 Å². The van der Waals surface area contributed by atoms with E-state index in [1.165, 1.54) is 11.3 Å². The van der Waals surface area contributed by atoms with Crippen molar-refractivity contribution >= 4 is 18.3 Å². The van der Waals surface area contributed by atoms with Gasteiger partial charge in [0.15, 0.2) is 0 Å². The van der Waals surface area contributed by atoms with Crippen molar-refractivity contribution in [1.29, 1.82) is 0 Å². The smallest absolute Gasteiger partial charge is 0.223 e. The van der Waals surface area contributed by atoms with Gasteiger partial charge in [-0.2, -0.15) is 10.2 Å². The van der Waals surface area contributed by atoms with Crippen molar-refractivity contribution in [3.63, 3.8) is 0 Å². The second-order valence-electron chi connectivity index (χ2n) is 7.36. The SMILES string of the molecule is Cc1ccccc1-n1cc(CN(C)C(=O)CCc2cc3n(n2)CCNC3)cn1.Cl. The monoisotopic (exact) mass is 414 g/mol. The molecule has 0 fully saturated rings. The van der Waals surface area contributed by atoms with Crippen LogP contribution in [-0.2, 0) is 30.8 Å². The standard InChI is InChI=1S/C21H26N6O.ClH/c1-16-5-3-4-6-20(16)27-15-17(12-23-27)14-25(2)21(28)8-7-18-11-19-13-22-9-10-26(19)24-18;/h3-6,11-12,15,22H,7-10,13-14H2,1-2H3;1H. The molecular weight excluding hydrogens is 388 g/mol. The molecule has 4 rings (SSSR count). The van der Waals surface area contributed by atoms with Gasteiger partial charge < -0.3 is 10.2 Å². The largest absolute Gasteiger partial charge is 0.341 e. The summed E-state index contributed by atoms with van der Waals surface area (Å²) >= 11 is 0. The Balaban J connectivity index is 0.00000240. The molecule has 3 aromatic rings. The highest BCUT2D eigenvalue weighted by Gasteiger charge is 2.15. The zero-order chi connectivity index (χ0) is 19.5. The lowest BCUT2D eigenvalue weighted by Crippen LogP contribution is -2.28. The lowest BCUT2D eigenvalue weighted by atomic mass is 10.2. The van der Waals surface area contributed by atoms with Crippen LogP contribution in [0, 0.1) is 6.92 Å². The van der Waals surface area contributed by atoms with Gasteiger partial charge in [-0.05, 0) is 24.6 Å². The van der Waals surface area contributed by atoms with Gasteiger partial charge in [-0.3, -0.25) is 9.48 Å². The second kappa shape index (κ2) is 9.24. The molecule has 0 bridgehead atoms. The van der Waals surface area contributed by atoms with Crippen molar-refractivity contribution < 1.29 is 4.79 Å². The molecule has 1 aliphatic rings. The molecule has 1 aromatic carbocycles. The Labute approximate surface area is 177 Å². The van der Waals surface area contributed by atoms with Crippen LogP contribution in [-0.4, -0.2) is 44.0 Å².